The topological polar surface area (TPSA) is 251 Å². The van der Waals surface area contributed by atoms with E-state index in [2.05, 4.69) is 16.0 Å². The van der Waals surface area contributed by atoms with E-state index in [9.17, 15) is 33.9 Å². The molecule has 4 amide bonds. The summed E-state index contributed by atoms with van der Waals surface area (Å²) in [7, 11) is 0. The molecule has 35 heavy (non-hydrogen) atoms. The Morgan fingerprint density at radius 1 is 0.829 bits per heavy atom. The Hall–Kier alpha value is -4.04. The lowest BCUT2D eigenvalue weighted by molar-refractivity contribution is -0.143. The summed E-state index contributed by atoms with van der Waals surface area (Å²) < 4.78 is 0. The van der Waals surface area contributed by atoms with Crippen LogP contribution in [0, 0.1) is 0 Å². The molecule has 1 aromatic carbocycles. The van der Waals surface area contributed by atoms with E-state index < -0.39 is 85.6 Å². The van der Waals surface area contributed by atoms with Gasteiger partial charge in [0.1, 0.15) is 24.2 Å². The van der Waals surface area contributed by atoms with Crippen molar-refractivity contribution in [1.82, 2.24) is 16.0 Å². The Kier molecular flexibility index (Phi) is 11.8. The lowest BCUT2D eigenvalue weighted by atomic mass is 10.0. The van der Waals surface area contributed by atoms with E-state index in [1.54, 1.807) is 30.3 Å². The van der Waals surface area contributed by atoms with Gasteiger partial charge in [0, 0.05) is 12.8 Å². The maximum Gasteiger partial charge on any atom is 0.326 e. The SMILES string of the molecule is NC(=O)CC(NC(=O)C(N)CO)C(=O)NC(Cc1ccccc1)C(=O)NC(CCC(=O)O)C(=O)O. The number of primary amides is 1. The van der Waals surface area contributed by atoms with Gasteiger partial charge in [-0.2, -0.15) is 0 Å². The van der Waals surface area contributed by atoms with Crippen molar-refractivity contribution in [3.05, 3.63) is 35.9 Å². The normalized spacial score (nSPS) is 14.0. The smallest absolute Gasteiger partial charge is 0.326 e. The van der Waals surface area contributed by atoms with Crippen molar-refractivity contribution in [3.8, 4) is 0 Å². The number of aliphatic carboxylic acids is 2. The van der Waals surface area contributed by atoms with Gasteiger partial charge in [0.15, 0.2) is 0 Å². The van der Waals surface area contributed by atoms with Crippen LogP contribution in [0.15, 0.2) is 30.3 Å². The lowest BCUT2D eigenvalue weighted by Gasteiger charge is -2.24. The highest BCUT2D eigenvalue weighted by Gasteiger charge is 2.31. The summed E-state index contributed by atoms with van der Waals surface area (Å²) in [4.78, 5) is 71.4. The van der Waals surface area contributed by atoms with Crippen LogP contribution in [0.25, 0.3) is 0 Å². The van der Waals surface area contributed by atoms with Crippen LogP contribution in [0.1, 0.15) is 24.8 Å². The minimum absolute atomic E-state index is 0.100. The quantitative estimate of drug-likeness (QED) is 0.121. The third kappa shape index (κ3) is 10.6. The second kappa shape index (κ2) is 14.3. The average molecular weight is 495 g/mol. The monoisotopic (exact) mass is 495 g/mol. The van der Waals surface area contributed by atoms with Gasteiger partial charge < -0.3 is 42.7 Å². The van der Waals surface area contributed by atoms with Crippen molar-refractivity contribution < 1.29 is 44.1 Å². The minimum Gasteiger partial charge on any atom is -0.481 e. The van der Waals surface area contributed by atoms with Crippen molar-refractivity contribution in [2.24, 2.45) is 11.5 Å². The van der Waals surface area contributed by atoms with E-state index in [1.807, 2.05) is 0 Å². The number of nitrogens with two attached hydrogens (primary N) is 2. The van der Waals surface area contributed by atoms with Crippen LogP contribution in [-0.4, -0.2) is 81.7 Å². The fourth-order valence-electron chi connectivity index (χ4n) is 2.90. The molecule has 10 N–H and O–H groups in total. The Morgan fingerprint density at radius 3 is 1.89 bits per heavy atom. The molecule has 4 atom stereocenters. The second-order valence-corrected chi connectivity index (χ2v) is 7.60. The van der Waals surface area contributed by atoms with Crippen LogP contribution in [0.4, 0.5) is 0 Å². The third-order valence-corrected chi connectivity index (χ3v) is 4.75. The lowest BCUT2D eigenvalue weighted by Crippen LogP contribution is -2.58. The second-order valence-electron chi connectivity index (χ2n) is 7.60. The van der Waals surface area contributed by atoms with Crippen LogP contribution >= 0.6 is 0 Å². The number of carboxylic acid groups (broad SMARTS) is 2. The first kappa shape index (κ1) is 29.0. The maximum atomic E-state index is 12.9. The highest BCUT2D eigenvalue weighted by molar-refractivity contribution is 5.96. The molecule has 0 bridgehead atoms. The summed E-state index contributed by atoms with van der Waals surface area (Å²) in [6, 6.07) is 2.53. The molecule has 0 radical (unpaired) electrons. The first-order chi connectivity index (χ1) is 16.4. The molecule has 192 valence electrons. The van der Waals surface area contributed by atoms with Crippen molar-refractivity contribution in [2.45, 2.75) is 49.9 Å². The zero-order valence-electron chi connectivity index (χ0n) is 18.7. The van der Waals surface area contributed by atoms with Gasteiger partial charge in [0.2, 0.25) is 23.6 Å². The van der Waals surface area contributed by atoms with Crippen LogP contribution in [0.5, 0.6) is 0 Å². The Morgan fingerprint density at radius 2 is 1.37 bits per heavy atom. The van der Waals surface area contributed by atoms with Crippen LogP contribution in [0.2, 0.25) is 0 Å². The van der Waals surface area contributed by atoms with Crippen molar-refractivity contribution >= 4 is 35.6 Å². The number of amides is 4. The van der Waals surface area contributed by atoms with Gasteiger partial charge in [-0.15, -0.1) is 0 Å². The summed E-state index contributed by atoms with van der Waals surface area (Å²) in [5.41, 5.74) is 11.1. The molecule has 0 spiro atoms. The summed E-state index contributed by atoms with van der Waals surface area (Å²) in [5, 5.41) is 33.9. The number of nitrogens with one attached hydrogen (secondary N) is 3. The fourth-order valence-corrected chi connectivity index (χ4v) is 2.90. The number of carboxylic acids is 2. The molecule has 14 nitrogen and oxygen atoms in total. The molecular formula is C21H29N5O9. The predicted octanol–water partition coefficient (Wildman–Crippen LogP) is -3.17. The van der Waals surface area contributed by atoms with Crippen molar-refractivity contribution in [2.75, 3.05) is 6.61 Å². The molecule has 0 saturated carbocycles. The van der Waals surface area contributed by atoms with Gasteiger partial charge in [-0.3, -0.25) is 24.0 Å². The number of hydrogen-bond donors (Lipinski definition) is 8. The average Bonchev–Trinajstić information content (AvgIpc) is 2.79. The number of carbonyl (C=O) groups is 6. The van der Waals surface area contributed by atoms with Gasteiger partial charge in [-0.05, 0) is 12.0 Å². The predicted molar refractivity (Wildman–Crippen MR) is 119 cm³/mol. The molecular weight excluding hydrogens is 466 g/mol. The summed E-state index contributed by atoms with van der Waals surface area (Å²) in [5.74, 6) is -6.55. The number of hydrogen-bond acceptors (Lipinski definition) is 8. The van der Waals surface area contributed by atoms with Gasteiger partial charge in [-0.1, -0.05) is 30.3 Å². The fraction of sp³-hybridized carbons (Fsp3) is 0.429. The van der Waals surface area contributed by atoms with E-state index >= 15 is 0 Å². The highest BCUT2D eigenvalue weighted by atomic mass is 16.4. The van der Waals surface area contributed by atoms with E-state index in [-0.39, 0.29) is 6.42 Å². The molecule has 0 aromatic heterocycles. The molecule has 14 heteroatoms. The maximum absolute atomic E-state index is 12.9. The number of aliphatic hydroxyl groups is 1. The molecule has 1 rings (SSSR count). The van der Waals surface area contributed by atoms with Crippen LogP contribution in [0.3, 0.4) is 0 Å². The zero-order chi connectivity index (χ0) is 26.5. The Labute approximate surface area is 200 Å². The van der Waals surface area contributed by atoms with Gasteiger partial charge in [0.05, 0.1) is 13.0 Å². The number of carbonyl (C=O) groups excluding carboxylic acids is 4. The standard InChI is InChI=1S/C21H29N5O9/c22-12(10-27)18(31)25-15(9-16(23)28)20(33)26-14(8-11-4-2-1-3-5-11)19(32)24-13(21(34)35)6-7-17(29)30/h1-5,12-15,27H,6-10,22H2,(H2,23,28)(H,24,32)(H,25,31)(H,26,33)(H,29,30)(H,34,35). The summed E-state index contributed by atoms with van der Waals surface area (Å²) >= 11 is 0. The van der Waals surface area contributed by atoms with Gasteiger partial charge in [0.25, 0.3) is 0 Å². The van der Waals surface area contributed by atoms with E-state index in [0.717, 1.165) is 0 Å². The van der Waals surface area contributed by atoms with Gasteiger partial charge in [-0.25, -0.2) is 4.79 Å². The molecule has 0 fully saturated rings. The molecule has 0 saturated heterocycles. The van der Waals surface area contributed by atoms with E-state index in [0.29, 0.717) is 5.56 Å². The number of benzene rings is 1. The largest absolute Gasteiger partial charge is 0.481 e. The molecule has 0 aliphatic rings. The number of rotatable bonds is 15. The highest BCUT2D eigenvalue weighted by Crippen LogP contribution is 2.07. The van der Waals surface area contributed by atoms with Crippen molar-refractivity contribution in [3.63, 3.8) is 0 Å². The molecule has 4 unspecified atom stereocenters. The van der Waals surface area contributed by atoms with E-state index in [4.69, 9.17) is 21.7 Å². The molecule has 1 aromatic rings. The van der Waals surface area contributed by atoms with Crippen LogP contribution in [-0.2, 0) is 35.2 Å². The Bertz CT molecular complexity index is 925. The van der Waals surface area contributed by atoms with Gasteiger partial charge >= 0.3 is 11.9 Å². The summed E-state index contributed by atoms with van der Waals surface area (Å²) in [6.45, 7) is -0.733. The summed E-state index contributed by atoms with van der Waals surface area (Å²) in [6.07, 6.45) is -1.67. The van der Waals surface area contributed by atoms with Crippen LogP contribution < -0.4 is 27.4 Å². The third-order valence-electron chi connectivity index (χ3n) is 4.75. The first-order valence-electron chi connectivity index (χ1n) is 10.5. The van der Waals surface area contributed by atoms with E-state index in [1.165, 1.54) is 0 Å². The van der Waals surface area contributed by atoms with Crippen molar-refractivity contribution in [1.29, 1.82) is 0 Å². The molecule has 0 heterocycles. The zero-order valence-corrected chi connectivity index (χ0v) is 18.7. The molecule has 0 aliphatic carbocycles. The Balaban J connectivity index is 3.12. The first-order valence-corrected chi connectivity index (χ1v) is 10.5. The minimum atomic E-state index is -1.54. The number of aliphatic hydroxyl groups excluding tert-OH is 1. The molecule has 0 aliphatic heterocycles.